The maximum absolute atomic E-state index is 14.8. The lowest BCUT2D eigenvalue weighted by Gasteiger charge is -2.37. The van der Waals surface area contributed by atoms with Crippen molar-refractivity contribution in [2.24, 2.45) is 4.36 Å². The lowest BCUT2D eigenvalue weighted by molar-refractivity contribution is 0.00985. The highest BCUT2D eigenvalue weighted by Gasteiger charge is 2.30. The Kier molecular flexibility index (Phi) is 5.51. The standard InChI is InChI=1S/C25H26FN7O2S/c1-32-12-16-10-17(9-15-7-8-35-20(14-32)23(15)16)28-25-27-11-18-19(26)13-33(24(18)30-25)22-6-4-5-21(29-22)31-36(2,3)34/h4-6,9-11,13,20H,7-8,12,14H2,1-3H3,(H,27,28,30). The van der Waals surface area contributed by atoms with E-state index >= 15 is 0 Å². The van der Waals surface area contributed by atoms with Crippen molar-refractivity contribution >= 4 is 38.2 Å². The predicted molar refractivity (Wildman–Crippen MR) is 137 cm³/mol. The van der Waals surface area contributed by atoms with Gasteiger partial charge in [-0.15, -0.1) is 0 Å². The molecule has 9 nitrogen and oxygen atoms in total. The molecule has 1 N–H and O–H groups in total. The minimum atomic E-state index is -2.39. The molecule has 4 aromatic rings. The second-order valence-corrected chi connectivity index (χ2v) is 12.1. The SMILES string of the molecule is CN1Cc2cc(Nc3ncc4c(F)cn(-c5cccc(N=S(C)(C)=O)n5)c4n3)cc3c2C(C1)OCC3. The van der Waals surface area contributed by atoms with Crippen LogP contribution in [0.4, 0.5) is 21.8 Å². The minimum absolute atomic E-state index is 0.110. The van der Waals surface area contributed by atoms with Crippen molar-refractivity contribution < 1.29 is 13.3 Å². The van der Waals surface area contributed by atoms with Gasteiger partial charge in [-0.05, 0) is 54.4 Å². The van der Waals surface area contributed by atoms with Crippen molar-refractivity contribution in [1.82, 2.24) is 24.4 Å². The summed E-state index contributed by atoms with van der Waals surface area (Å²) in [6.45, 7) is 2.44. The first-order valence-electron chi connectivity index (χ1n) is 11.6. The Hall–Kier alpha value is -3.41. The molecular formula is C25H26FN7O2S. The van der Waals surface area contributed by atoms with Crippen LogP contribution in [0.15, 0.2) is 47.1 Å². The van der Waals surface area contributed by atoms with Crippen LogP contribution >= 0.6 is 0 Å². The smallest absolute Gasteiger partial charge is 0.229 e. The van der Waals surface area contributed by atoms with Crippen LogP contribution in [-0.4, -0.2) is 61.3 Å². The Bertz CT molecular complexity index is 1620. The van der Waals surface area contributed by atoms with Gasteiger partial charge in [0.05, 0.1) is 18.1 Å². The Morgan fingerprint density at radius 2 is 2.06 bits per heavy atom. The largest absolute Gasteiger partial charge is 0.372 e. The number of likely N-dealkylation sites (N-methyl/N-ethyl adjacent to an activating group) is 1. The first kappa shape index (κ1) is 23.0. The second kappa shape index (κ2) is 8.61. The van der Waals surface area contributed by atoms with Crippen molar-refractivity contribution in [1.29, 1.82) is 0 Å². The molecule has 1 unspecified atom stereocenters. The number of ether oxygens (including phenoxy) is 1. The average molecular weight is 508 g/mol. The van der Waals surface area contributed by atoms with Gasteiger partial charge < -0.3 is 10.1 Å². The zero-order valence-corrected chi connectivity index (χ0v) is 21.0. The Labute approximate surface area is 208 Å². The first-order valence-corrected chi connectivity index (χ1v) is 14.0. The fourth-order valence-electron chi connectivity index (χ4n) is 4.93. The van der Waals surface area contributed by atoms with Gasteiger partial charge in [-0.2, -0.15) is 9.35 Å². The number of nitrogens with zero attached hydrogens (tertiary/aromatic N) is 6. The van der Waals surface area contributed by atoms with Gasteiger partial charge in [-0.3, -0.25) is 9.47 Å². The molecule has 1 atom stereocenters. The maximum atomic E-state index is 14.8. The summed E-state index contributed by atoms with van der Waals surface area (Å²) in [5, 5.41) is 3.59. The number of hydrogen-bond donors (Lipinski definition) is 1. The molecule has 0 spiro atoms. The molecule has 0 saturated carbocycles. The van der Waals surface area contributed by atoms with E-state index in [0.29, 0.717) is 29.8 Å². The lowest BCUT2D eigenvalue weighted by atomic mass is 9.89. The fourth-order valence-corrected chi connectivity index (χ4v) is 5.49. The van der Waals surface area contributed by atoms with E-state index in [4.69, 9.17) is 4.74 Å². The van der Waals surface area contributed by atoms with Crippen molar-refractivity contribution in [2.45, 2.75) is 19.1 Å². The van der Waals surface area contributed by atoms with Gasteiger partial charge in [-0.25, -0.2) is 18.6 Å². The number of anilines is 2. The van der Waals surface area contributed by atoms with Crippen LogP contribution in [0.3, 0.4) is 0 Å². The first-order chi connectivity index (χ1) is 17.2. The van der Waals surface area contributed by atoms with Crippen LogP contribution in [0, 0.1) is 5.82 Å². The van der Waals surface area contributed by atoms with Crippen LogP contribution in [-0.2, 0) is 27.4 Å². The molecular weight excluding hydrogens is 481 g/mol. The zero-order valence-electron chi connectivity index (χ0n) is 20.2. The second-order valence-electron chi connectivity index (χ2n) is 9.54. The van der Waals surface area contributed by atoms with Gasteiger partial charge in [-0.1, -0.05) is 6.07 Å². The van der Waals surface area contributed by atoms with Crippen molar-refractivity contribution in [2.75, 3.05) is 38.0 Å². The number of fused-ring (bicyclic) bond motifs is 1. The summed E-state index contributed by atoms with van der Waals surface area (Å²) >= 11 is 0. The normalized spacial score (nSPS) is 17.7. The molecule has 3 aromatic heterocycles. The van der Waals surface area contributed by atoms with E-state index in [9.17, 15) is 8.60 Å². The summed E-state index contributed by atoms with van der Waals surface area (Å²) in [6, 6.07) is 9.37. The quantitative estimate of drug-likeness (QED) is 0.444. The van der Waals surface area contributed by atoms with Gasteiger partial charge in [0.1, 0.15) is 5.82 Å². The topological polar surface area (TPSA) is 97.5 Å². The minimum Gasteiger partial charge on any atom is -0.372 e. The van der Waals surface area contributed by atoms with E-state index in [1.54, 1.807) is 22.8 Å². The fraction of sp³-hybridized carbons (Fsp3) is 0.320. The molecule has 2 aliphatic heterocycles. The van der Waals surface area contributed by atoms with Crippen LogP contribution < -0.4 is 5.32 Å². The highest BCUT2D eigenvalue weighted by molar-refractivity contribution is 7.92. The molecule has 0 aliphatic carbocycles. The van der Waals surface area contributed by atoms with Gasteiger partial charge in [0, 0.05) is 53.4 Å². The molecule has 0 fully saturated rings. The van der Waals surface area contributed by atoms with E-state index in [-0.39, 0.29) is 11.5 Å². The zero-order chi connectivity index (χ0) is 25.0. The number of halogens is 1. The monoisotopic (exact) mass is 507 g/mol. The molecule has 0 radical (unpaired) electrons. The third kappa shape index (κ3) is 4.34. The number of benzene rings is 1. The summed E-state index contributed by atoms with van der Waals surface area (Å²) < 4.78 is 38.6. The Morgan fingerprint density at radius 1 is 1.22 bits per heavy atom. The van der Waals surface area contributed by atoms with E-state index < -0.39 is 15.5 Å². The molecule has 0 bridgehead atoms. The molecule has 6 rings (SSSR count). The highest BCUT2D eigenvalue weighted by atomic mass is 32.2. The highest BCUT2D eigenvalue weighted by Crippen LogP contribution is 2.37. The summed E-state index contributed by atoms with van der Waals surface area (Å²) in [6.07, 6.45) is 6.84. The summed E-state index contributed by atoms with van der Waals surface area (Å²) in [7, 11) is -0.294. The number of nitrogens with one attached hydrogen (secondary N) is 1. The van der Waals surface area contributed by atoms with Crippen LogP contribution in [0.2, 0.25) is 0 Å². The average Bonchev–Trinajstić information content (AvgIpc) is 3.14. The number of aromatic nitrogens is 4. The predicted octanol–water partition coefficient (Wildman–Crippen LogP) is 4.12. The number of hydrogen-bond acceptors (Lipinski definition) is 8. The number of rotatable bonds is 4. The molecule has 1 aromatic carbocycles. The van der Waals surface area contributed by atoms with Gasteiger partial charge in [0.15, 0.2) is 17.3 Å². The van der Waals surface area contributed by atoms with Crippen LogP contribution in [0.5, 0.6) is 0 Å². The Morgan fingerprint density at radius 3 is 2.89 bits per heavy atom. The summed E-state index contributed by atoms with van der Waals surface area (Å²) in [4.78, 5) is 15.7. The molecule has 0 amide bonds. The van der Waals surface area contributed by atoms with E-state index in [0.717, 1.165) is 25.2 Å². The van der Waals surface area contributed by atoms with Crippen LogP contribution in [0.25, 0.3) is 16.9 Å². The Balaban J connectivity index is 1.39. The van der Waals surface area contributed by atoms with E-state index in [2.05, 4.69) is 48.7 Å². The summed E-state index contributed by atoms with van der Waals surface area (Å²) in [5.74, 6) is 0.633. The molecule has 0 saturated heterocycles. The van der Waals surface area contributed by atoms with Gasteiger partial charge in [0.25, 0.3) is 0 Å². The van der Waals surface area contributed by atoms with E-state index in [1.807, 2.05) is 0 Å². The maximum Gasteiger partial charge on any atom is 0.229 e. The third-order valence-electron chi connectivity index (χ3n) is 6.31. The molecule has 2 aliphatic rings. The lowest BCUT2D eigenvalue weighted by Crippen LogP contribution is -2.35. The van der Waals surface area contributed by atoms with Gasteiger partial charge in [0.2, 0.25) is 5.95 Å². The van der Waals surface area contributed by atoms with E-state index in [1.165, 1.54) is 41.6 Å². The van der Waals surface area contributed by atoms with Crippen LogP contribution in [0.1, 0.15) is 22.8 Å². The molecule has 11 heteroatoms. The number of pyridine rings is 1. The molecule has 186 valence electrons. The van der Waals surface area contributed by atoms with Crippen molar-refractivity contribution in [3.05, 3.63) is 65.2 Å². The van der Waals surface area contributed by atoms with Gasteiger partial charge >= 0.3 is 0 Å². The molecule has 5 heterocycles. The molecule has 36 heavy (non-hydrogen) atoms. The van der Waals surface area contributed by atoms with Crippen molar-refractivity contribution in [3.63, 3.8) is 0 Å². The third-order valence-corrected chi connectivity index (χ3v) is 6.94. The van der Waals surface area contributed by atoms with Crippen molar-refractivity contribution in [3.8, 4) is 5.82 Å². The summed E-state index contributed by atoms with van der Waals surface area (Å²) in [5.41, 5.74) is 5.07.